The molecule has 9 aromatic carbocycles. The number of para-hydroxylation sites is 2. The van der Waals surface area contributed by atoms with Gasteiger partial charge in [0.25, 0.3) is 0 Å². The highest BCUT2D eigenvalue weighted by atomic mass is 16.3. The molecule has 0 aliphatic heterocycles. The van der Waals surface area contributed by atoms with Gasteiger partial charge in [-0.2, -0.15) is 0 Å². The molecule has 2 heterocycles. The number of nitrogens with zero attached hydrogens (tertiary/aromatic N) is 3. The number of hydrogen-bond acceptors (Lipinski definition) is 4. The van der Waals surface area contributed by atoms with Crippen LogP contribution in [0.5, 0.6) is 0 Å². The van der Waals surface area contributed by atoms with Gasteiger partial charge in [-0.15, -0.1) is 0 Å². The van der Waals surface area contributed by atoms with Crippen LogP contribution in [-0.4, -0.2) is 15.0 Å². The number of fused-ring (bicyclic) bond motifs is 5. The number of furan rings is 1. The Bertz CT molecular complexity index is 3280. The van der Waals surface area contributed by atoms with Crippen LogP contribution in [0.15, 0.2) is 205 Å². The largest absolute Gasteiger partial charge is 0.455 e. The summed E-state index contributed by atoms with van der Waals surface area (Å²) in [6.07, 6.45) is 0. The Morgan fingerprint density at radius 1 is 0.281 bits per heavy atom. The lowest BCUT2D eigenvalue weighted by molar-refractivity contribution is 0.669. The lowest BCUT2D eigenvalue weighted by atomic mass is 9.94. The standard InChI is InChI=1S/C53H33N3O/c1-3-13-34(14-4-1)35-25-27-36(28-26-35)39-30-29-38-17-11-22-45(48(38)33-39)51-54-52(46-32-31-40(37-15-5-2-6-16-37)41-18-7-8-19-42(41)46)56-53(55-51)47-23-12-21-44-43-20-9-10-24-49(43)57-50(44)47/h1-33H. The minimum atomic E-state index is 0.556. The number of hydrogen-bond donors (Lipinski definition) is 0. The fourth-order valence-corrected chi connectivity index (χ4v) is 8.16. The van der Waals surface area contributed by atoms with Crippen LogP contribution in [-0.2, 0) is 0 Å². The van der Waals surface area contributed by atoms with Crippen molar-refractivity contribution in [1.29, 1.82) is 0 Å². The van der Waals surface area contributed by atoms with Crippen molar-refractivity contribution in [1.82, 2.24) is 15.0 Å². The number of aromatic nitrogens is 3. The lowest BCUT2D eigenvalue weighted by Gasteiger charge is -2.14. The molecule has 0 bridgehead atoms. The quantitative estimate of drug-likeness (QED) is 0.171. The van der Waals surface area contributed by atoms with E-state index in [2.05, 4.69) is 164 Å². The summed E-state index contributed by atoms with van der Waals surface area (Å²) in [6, 6.07) is 70.0. The predicted molar refractivity (Wildman–Crippen MR) is 235 cm³/mol. The van der Waals surface area contributed by atoms with Gasteiger partial charge in [0, 0.05) is 21.9 Å². The van der Waals surface area contributed by atoms with Gasteiger partial charge >= 0.3 is 0 Å². The third-order valence-corrected chi connectivity index (χ3v) is 11.0. The van der Waals surface area contributed by atoms with Crippen molar-refractivity contribution in [3.8, 4) is 67.5 Å². The van der Waals surface area contributed by atoms with Crippen LogP contribution in [0.4, 0.5) is 0 Å². The lowest BCUT2D eigenvalue weighted by Crippen LogP contribution is -2.01. The molecule has 11 rings (SSSR count). The Kier molecular flexibility index (Phi) is 7.78. The van der Waals surface area contributed by atoms with Gasteiger partial charge in [-0.05, 0) is 79.2 Å². The summed E-state index contributed by atoms with van der Waals surface area (Å²) in [6.45, 7) is 0. The maximum absolute atomic E-state index is 6.54. The highest BCUT2D eigenvalue weighted by Crippen LogP contribution is 2.39. The molecule has 4 heteroatoms. The molecule has 11 aromatic rings. The third-order valence-electron chi connectivity index (χ3n) is 11.0. The van der Waals surface area contributed by atoms with Gasteiger partial charge in [0.2, 0.25) is 0 Å². The molecule has 0 spiro atoms. The van der Waals surface area contributed by atoms with E-state index in [1.54, 1.807) is 0 Å². The van der Waals surface area contributed by atoms with Gasteiger partial charge in [0.05, 0.1) is 5.56 Å². The summed E-state index contributed by atoms with van der Waals surface area (Å²) >= 11 is 0. The fraction of sp³-hybridized carbons (Fsp3) is 0. The molecular weight excluding hydrogens is 695 g/mol. The maximum Gasteiger partial charge on any atom is 0.167 e. The van der Waals surface area contributed by atoms with Crippen LogP contribution in [0.1, 0.15) is 0 Å². The summed E-state index contributed by atoms with van der Waals surface area (Å²) in [4.78, 5) is 15.9. The van der Waals surface area contributed by atoms with E-state index in [4.69, 9.17) is 19.4 Å². The second kappa shape index (κ2) is 13.6. The first-order valence-electron chi connectivity index (χ1n) is 19.2. The second-order valence-corrected chi connectivity index (χ2v) is 14.3. The maximum atomic E-state index is 6.54. The van der Waals surface area contributed by atoms with Gasteiger partial charge in [0.15, 0.2) is 17.5 Å². The Labute approximate surface area is 329 Å². The summed E-state index contributed by atoms with van der Waals surface area (Å²) in [5, 5.41) is 6.47. The van der Waals surface area contributed by atoms with Crippen LogP contribution in [0.3, 0.4) is 0 Å². The van der Waals surface area contributed by atoms with Crippen molar-refractivity contribution in [2.45, 2.75) is 0 Å². The zero-order valence-corrected chi connectivity index (χ0v) is 30.8. The van der Waals surface area contributed by atoms with Crippen molar-refractivity contribution < 1.29 is 4.42 Å². The van der Waals surface area contributed by atoms with Crippen LogP contribution in [0.25, 0.3) is 111 Å². The minimum absolute atomic E-state index is 0.556. The first-order chi connectivity index (χ1) is 28.2. The Morgan fingerprint density at radius 3 is 1.51 bits per heavy atom. The average molecular weight is 728 g/mol. The van der Waals surface area contributed by atoms with Crippen molar-refractivity contribution in [3.05, 3.63) is 200 Å². The van der Waals surface area contributed by atoms with Gasteiger partial charge in [-0.3, -0.25) is 0 Å². The monoisotopic (exact) mass is 727 g/mol. The molecule has 0 atom stereocenters. The Morgan fingerprint density at radius 2 is 0.772 bits per heavy atom. The van der Waals surface area contributed by atoms with Crippen LogP contribution < -0.4 is 0 Å². The molecule has 266 valence electrons. The molecule has 0 saturated heterocycles. The molecule has 0 fully saturated rings. The van der Waals surface area contributed by atoms with Gasteiger partial charge < -0.3 is 4.42 Å². The van der Waals surface area contributed by atoms with E-state index >= 15 is 0 Å². The molecule has 0 aliphatic rings. The summed E-state index contributed by atoms with van der Waals surface area (Å²) in [5.41, 5.74) is 11.3. The molecule has 4 nitrogen and oxygen atoms in total. The van der Waals surface area contributed by atoms with Crippen molar-refractivity contribution in [2.75, 3.05) is 0 Å². The summed E-state index contributed by atoms with van der Waals surface area (Å²) < 4.78 is 6.54. The SMILES string of the molecule is c1ccc(-c2ccc(-c3ccc4cccc(-c5nc(-c6ccc(-c7ccccc7)c7ccccc67)nc(-c6cccc7c6oc6ccccc67)n5)c4c3)cc2)cc1. The van der Waals surface area contributed by atoms with E-state index in [1.165, 1.54) is 11.1 Å². The molecule has 0 aliphatic carbocycles. The van der Waals surface area contributed by atoms with E-state index in [0.29, 0.717) is 17.5 Å². The topological polar surface area (TPSA) is 51.8 Å². The number of rotatable bonds is 6. The summed E-state index contributed by atoms with van der Waals surface area (Å²) in [5.74, 6) is 1.76. The molecule has 57 heavy (non-hydrogen) atoms. The minimum Gasteiger partial charge on any atom is -0.455 e. The summed E-state index contributed by atoms with van der Waals surface area (Å²) in [7, 11) is 0. The second-order valence-electron chi connectivity index (χ2n) is 14.3. The molecule has 0 N–H and O–H groups in total. The van der Waals surface area contributed by atoms with Crippen LogP contribution in [0, 0.1) is 0 Å². The zero-order chi connectivity index (χ0) is 37.7. The van der Waals surface area contributed by atoms with E-state index in [9.17, 15) is 0 Å². The smallest absolute Gasteiger partial charge is 0.167 e. The van der Waals surface area contributed by atoms with E-state index < -0.39 is 0 Å². The zero-order valence-electron chi connectivity index (χ0n) is 30.8. The fourth-order valence-electron chi connectivity index (χ4n) is 8.16. The molecular formula is C53H33N3O. The Hall–Kier alpha value is -7.69. The molecule has 0 saturated carbocycles. The van der Waals surface area contributed by atoms with Gasteiger partial charge in [-0.25, -0.2) is 15.0 Å². The third kappa shape index (κ3) is 5.74. The molecule has 0 amide bonds. The highest BCUT2D eigenvalue weighted by molar-refractivity contribution is 6.09. The van der Waals surface area contributed by atoms with Crippen molar-refractivity contribution >= 4 is 43.5 Å². The molecule has 0 radical (unpaired) electrons. The first kappa shape index (κ1) is 32.7. The first-order valence-corrected chi connectivity index (χ1v) is 19.2. The van der Waals surface area contributed by atoms with Crippen molar-refractivity contribution in [2.24, 2.45) is 0 Å². The van der Waals surface area contributed by atoms with E-state index in [-0.39, 0.29) is 0 Å². The van der Waals surface area contributed by atoms with Gasteiger partial charge in [0.1, 0.15) is 11.2 Å². The van der Waals surface area contributed by atoms with Gasteiger partial charge in [-0.1, -0.05) is 176 Å². The van der Waals surface area contributed by atoms with E-state index in [1.807, 2.05) is 36.4 Å². The average Bonchev–Trinajstić information content (AvgIpc) is 3.68. The van der Waals surface area contributed by atoms with Crippen molar-refractivity contribution in [3.63, 3.8) is 0 Å². The Balaban J connectivity index is 1.12. The van der Waals surface area contributed by atoms with Crippen LogP contribution in [0.2, 0.25) is 0 Å². The van der Waals surface area contributed by atoms with Crippen LogP contribution >= 0.6 is 0 Å². The van der Waals surface area contributed by atoms with E-state index in [0.717, 1.165) is 82.4 Å². The molecule has 0 unspecified atom stereocenters. The predicted octanol–water partition coefficient (Wildman–Crippen LogP) is 14.1. The molecule has 2 aromatic heterocycles. The highest BCUT2D eigenvalue weighted by Gasteiger charge is 2.20. The normalized spacial score (nSPS) is 11.5. The number of benzene rings is 9.